The molecule has 2 nitrogen and oxygen atoms in total. The van der Waals surface area contributed by atoms with Gasteiger partial charge in [-0.05, 0) is 24.6 Å². The van der Waals surface area contributed by atoms with Crippen LogP contribution in [0.5, 0.6) is 0 Å². The van der Waals surface area contributed by atoms with E-state index in [2.05, 4.69) is 4.98 Å². The molecule has 0 amide bonds. The summed E-state index contributed by atoms with van der Waals surface area (Å²) in [7, 11) is 0. The molecule has 0 N–H and O–H groups in total. The monoisotopic (exact) mass is 200 g/mol. The van der Waals surface area contributed by atoms with Crippen molar-refractivity contribution in [3.05, 3.63) is 35.9 Å². The summed E-state index contributed by atoms with van der Waals surface area (Å²) in [6, 6.07) is 3.27. The van der Waals surface area contributed by atoms with Crippen molar-refractivity contribution in [3.8, 4) is 0 Å². The van der Waals surface area contributed by atoms with E-state index in [1.54, 1.807) is 12.1 Å². The van der Waals surface area contributed by atoms with Crippen LogP contribution in [-0.4, -0.2) is 9.38 Å². The Bertz CT molecular complexity index is 470. The van der Waals surface area contributed by atoms with Crippen LogP contribution in [0.1, 0.15) is 11.4 Å². The molecule has 0 bridgehead atoms. The first-order valence-electron chi connectivity index (χ1n) is 3.99. The quantitative estimate of drug-likeness (QED) is 0.639. The Morgan fingerprint density at radius 2 is 2.07 bits per heavy atom. The smallest absolute Gasteiger partial charge is 0.296 e. The highest BCUT2D eigenvalue weighted by atomic mass is 19.4. The Balaban J connectivity index is 2.70. The summed E-state index contributed by atoms with van der Waals surface area (Å²) in [5.74, 6) is -0.882. The first-order valence-corrected chi connectivity index (χ1v) is 3.99. The minimum Gasteiger partial charge on any atom is -0.296 e. The second-order valence-electron chi connectivity index (χ2n) is 3.08. The number of imidazole rings is 1. The number of aromatic nitrogens is 2. The Morgan fingerprint density at radius 3 is 2.71 bits per heavy atom. The minimum atomic E-state index is -4.40. The van der Waals surface area contributed by atoms with Crippen molar-refractivity contribution < 1.29 is 13.2 Å². The summed E-state index contributed by atoms with van der Waals surface area (Å²) in [4.78, 5) is 3.35. The lowest BCUT2D eigenvalue weighted by Crippen LogP contribution is -2.10. The van der Waals surface area contributed by atoms with E-state index < -0.39 is 12.0 Å². The molecule has 0 radical (unpaired) electrons. The summed E-state index contributed by atoms with van der Waals surface area (Å²) in [6.07, 6.45) is -1.81. The minimum absolute atomic E-state index is 0.456. The van der Waals surface area contributed by atoms with Crippen LogP contribution in [0.4, 0.5) is 13.2 Å². The molecule has 0 aliphatic heterocycles. The third kappa shape index (κ3) is 1.34. The van der Waals surface area contributed by atoms with Crippen LogP contribution in [-0.2, 0) is 6.18 Å². The van der Waals surface area contributed by atoms with Crippen molar-refractivity contribution >= 4 is 5.52 Å². The van der Waals surface area contributed by atoms with Crippen molar-refractivity contribution in [2.45, 2.75) is 13.1 Å². The lowest BCUT2D eigenvalue weighted by Gasteiger charge is -2.04. The molecule has 0 fully saturated rings. The standard InChI is InChI=1S/C9H7F3N2/c1-6-2-3-14-7(4-6)5-13-8(14)9(10,11)12/h2-5H,1H3. The van der Waals surface area contributed by atoms with E-state index in [1.165, 1.54) is 12.4 Å². The van der Waals surface area contributed by atoms with E-state index in [0.29, 0.717) is 5.52 Å². The highest BCUT2D eigenvalue weighted by Crippen LogP contribution is 2.28. The Morgan fingerprint density at radius 1 is 1.36 bits per heavy atom. The molecule has 0 saturated carbocycles. The second kappa shape index (κ2) is 2.73. The third-order valence-corrected chi connectivity index (χ3v) is 1.94. The fourth-order valence-corrected chi connectivity index (χ4v) is 1.32. The molecule has 2 rings (SSSR count). The van der Waals surface area contributed by atoms with E-state index in [0.717, 1.165) is 9.96 Å². The Labute approximate surface area is 78.0 Å². The Kier molecular flexibility index (Phi) is 1.77. The van der Waals surface area contributed by atoms with Gasteiger partial charge in [0.15, 0.2) is 0 Å². The van der Waals surface area contributed by atoms with Crippen LogP contribution in [0.2, 0.25) is 0 Å². The molecule has 74 valence electrons. The fraction of sp³-hybridized carbons (Fsp3) is 0.222. The number of hydrogen-bond acceptors (Lipinski definition) is 1. The van der Waals surface area contributed by atoms with Crippen LogP contribution in [0.15, 0.2) is 24.5 Å². The van der Waals surface area contributed by atoms with Crippen molar-refractivity contribution in [2.24, 2.45) is 0 Å². The average molecular weight is 200 g/mol. The zero-order chi connectivity index (χ0) is 10.3. The SMILES string of the molecule is Cc1ccn2c(C(F)(F)F)ncc2c1. The van der Waals surface area contributed by atoms with Gasteiger partial charge < -0.3 is 0 Å². The first kappa shape index (κ1) is 9.05. The molecule has 0 aromatic carbocycles. The summed E-state index contributed by atoms with van der Waals surface area (Å²) < 4.78 is 38.1. The van der Waals surface area contributed by atoms with Crippen LogP contribution in [0.3, 0.4) is 0 Å². The number of halogens is 3. The number of aryl methyl sites for hydroxylation is 1. The number of alkyl halides is 3. The number of fused-ring (bicyclic) bond motifs is 1. The van der Waals surface area contributed by atoms with E-state index in [1.807, 2.05) is 6.92 Å². The number of pyridine rings is 1. The second-order valence-corrected chi connectivity index (χ2v) is 3.08. The molecule has 0 spiro atoms. The maximum Gasteiger partial charge on any atom is 0.450 e. The van der Waals surface area contributed by atoms with Crippen LogP contribution in [0.25, 0.3) is 5.52 Å². The van der Waals surface area contributed by atoms with Gasteiger partial charge in [-0.25, -0.2) is 4.98 Å². The average Bonchev–Trinajstić information content (AvgIpc) is 2.45. The van der Waals surface area contributed by atoms with Crippen molar-refractivity contribution in [2.75, 3.05) is 0 Å². The number of nitrogens with zero attached hydrogens (tertiary/aromatic N) is 2. The zero-order valence-corrected chi connectivity index (χ0v) is 7.34. The van der Waals surface area contributed by atoms with Crippen molar-refractivity contribution in [3.63, 3.8) is 0 Å². The highest BCUT2D eigenvalue weighted by molar-refractivity contribution is 5.48. The van der Waals surface area contributed by atoms with Crippen molar-refractivity contribution in [1.82, 2.24) is 9.38 Å². The van der Waals surface area contributed by atoms with Gasteiger partial charge >= 0.3 is 6.18 Å². The van der Waals surface area contributed by atoms with Gasteiger partial charge in [-0.1, -0.05) is 0 Å². The van der Waals surface area contributed by atoms with Gasteiger partial charge in [-0.2, -0.15) is 13.2 Å². The van der Waals surface area contributed by atoms with Gasteiger partial charge in [-0.15, -0.1) is 0 Å². The lowest BCUT2D eigenvalue weighted by molar-refractivity contribution is -0.145. The van der Waals surface area contributed by atoms with Crippen molar-refractivity contribution in [1.29, 1.82) is 0 Å². The van der Waals surface area contributed by atoms with Gasteiger partial charge in [0.2, 0.25) is 5.82 Å². The highest BCUT2D eigenvalue weighted by Gasteiger charge is 2.35. The third-order valence-electron chi connectivity index (χ3n) is 1.94. The lowest BCUT2D eigenvalue weighted by atomic mass is 10.3. The maximum atomic E-state index is 12.4. The van der Waals surface area contributed by atoms with E-state index >= 15 is 0 Å². The molecule has 0 aliphatic carbocycles. The first-order chi connectivity index (χ1) is 6.48. The molecular weight excluding hydrogens is 193 g/mol. The van der Waals surface area contributed by atoms with Crippen LogP contribution >= 0.6 is 0 Å². The maximum absolute atomic E-state index is 12.4. The topological polar surface area (TPSA) is 17.3 Å². The van der Waals surface area contributed by atoms with Gasteiger partial charge in [-0.3, -0.25) is 4.40 Å². The molecule has 2 aromatic heterocycles. The van der Waals surface area contributed by atoms with Gasteiger partial charge in [0.1, 0.15) is 0 Å². The number of rotatable bonds is 0. The molecule has 0 aliphatic rings. The predicted octanol–water partition coefficient (Wildman–Crippen LogP) is 2.66. The molecule has 0 atom stereocenters. The van der Waals surface area contributed by atoms with Gasteiger partial charge in [0.05, 0.1) is 11.7 Å². The van der Waals surface area contributed by atoms with Crippen LogP contribution in [0, 0.1) is 6.92 Å². The molecular formula is C9H7F3N2. The fourth-order valence-electron chi connectivity index (χ4n) is 1.32. The molecule has 5 heteroatoms. The molecule has 0 unspecified atom stereocenters. The summed E-state index contributed by atoms with van der Waals surface area (Å²) >= 11 is 0. The summed E-state index contributed by atoms with van der Waals surface area (Å²) in [5, 5.41) is 0. The van der Waals surface area contributed by atoms with Gasteiger partial charge in [0.25, 0.3) is 0 Å². The Hall–Kier alpha value is -1.52. The van der Waals surface area contributed by atoms with Crippen LogP contribution < -0.4 is 0 Å². The molecule has 0 saturated heterocycles. The predicted molar refractivity (Wildman–Crippen MR) is 44.9 cm³/mol. The number of hydrogen-bond donors (Lipinski definition) is 0. The largest absolute Gasteiger partial charge is 0.450 e. The van der Waals surface area contributed by atoms with E-state index in [9.17, 15) is 13.2 Å². The summed E-state index contributed by atoms with van der Waals surface area (Å²) in [6.45, 7) is 1.82. The molecule has 14 heavy (non-hydrogen) atoms. The van der Waals surface area contributed by atoms with E-state index in [4.69, 9.17) is 0 Å². The van der Waals surface area contributed by atoms with E-state index in [-0.39, 0.29) is 0 Å². The normalized spacial score (nSPS) is 12.3. The summed E-state index contributed by atoms with van der Waals surface area (Å²) in [5.41, 5.74) is 1.36. The molecule has 2 heterocycles. The zero-order valence-electron chi connectivity index (χ0n) is 7.34. The molecule has 2 aromatic rings. The van der Waals surface area contributed by atoms with Gasteiger partial charge in [0, 0.05) is 6.20 Å².